The number of nitrogens with zero attached hydrogens (tertiary/aromatic N) is 2. The third-order valence-corrected chi connectivity index (χ3v) is 2.22. The highest BCUT2D eigenvalue weighted by atomic mass is 35.5. The van der Waals surface area contributed by atoms with Gasteiger partial charge < -0.3 is 5.32 Å². The van der Waals surface area contributed by atoms with Gasteiger partial charge in [-0.1, -0.05) is 13.8 Å². The number of rotatable bonds is 4. The van der Waals surface area contributed by atoms with E-state index in [1.165, 1.54) is 0 Å². The van der Waals surface area contributed by atoms with E-state index in [0.29, 0.717) is 17.2 Å². The highest BCUT2D eigenvalue weighted by Gasteiger charge is 2.06. The lowest BCUT2D eigenvalue weighted by molar-refractivity contribution is 0.538. The Morgan fingerprint density at radius 2 is 2.00 bits per heavy atom. The molecule has 1 rings (SSSR count). The first-order chi connectivity index (χ1) is 6.97. The van der Waals surface area contributed by atoms with Crippen LogP contribution in [0.5, 0.6) is 0 Å². The molecule has 15 heavy (non-hydrogen) atoms. The number of aromatic nitrogens is 2. The van der Waals surface area contributed by atoms with Crippen LogP contribution >= 0.6 is 11.6 Å². The zero-order valence-electron chi connectivity index (χ0n) is 9.71. The number of nitrogens with one attached hydrogen (secondary N) is 1. The van der Waals surface area contributed by atoms with Crippen LogP contribution in [0.1, 0.15) is 32.9 Å². The van der Waals surface area contributed by atoms with Crippen molar-refractivity contribution in [3.05, 3.63) is 17.0 Å². The van der Waals surface area contributed by atoms with E-state index < -0.39 is 0 Å². The Balaban J connectivity index is 2.63. The van der Waals surface area contributed by atoms with Gasteiger partial charge in [-0.3, -0.25) is 0 Å². The Hall–Kier alpha value is -0.830. The van der Waals surface area contributed by atoms with Gasteiger partial charge in [0, 0.05) is 17.8 Å². The summed E-state index contributed by atoms with van der Waals surface area (Å²) in [6.45, 7) is 8.46. The van der Waals surface area contributed by atoms with Crippen molar-refractivity contribution in [1.29, 1.82) is 0 Å². The molecular weight excluding hydrogens is 210 g/mol. The molecule has 84 valence electrons. The summed E-state index contributed by atoms with van der Waals surface area (Å²) < 4.78 is 0. The molecule has 0 saturated carbocycles. The third-order valence-electron chi connectivity index (χ3n) is 2.05. The molecular formula is C11H18ClN3. The Labute approximate surface area is 96.3 Å². The first-order valence-corrected chi connectivity index (χ1v) is 5.63. The Bertz CT molecular complexity index is 305. The summed E-state index contributed by atoms with van der Waals surface area (Å²) in [5.74, 6) is 1.48. The van der Waals surface area contributed by atoms with Crippen molar-refractivity contribution >= 4 is 17.4 Å². The molecule has 4 heteroatoms. The van der Waals surface area contributed by atoms with Gasteiger partial charge in [0.1, 0.15) is 5.82 Å². The molecule has 3 nitrogen and oxygen atoms in total. The van der Waals surface area contributed by atoms with Crippen LogP contribution in [0.2, 0.25) is 5.28 Å². The van der Waals surface area contributed by atoms with Crippen LogP contribution in [-0.4, -0.2) is 16.0 Å². The van der Waals surface area contributed by atoms with Crippen LogP contribution in [0.4, 0.5) is 5.82 Å². The molecule has 0 aliphatic heterocycles. The zero-order valence-corrected chi connectivity index (χ0v) is 10.5. The van der Waals surface area contributed by atoms with Crippen LogP contribution in [-0.2, 0) is 0 Å². The fourth-order valence-electron chi connectivity index (χ4n) is 1.62. The summed E-state index contributed by atoms with van der Waals surface area (Å²) in [4.78, 5) is 8.14. The second-order valence-electron chi connectivity index (χ2n) is 4.34. The molecule has 0 fully saturated rings. The Morgan fingerprint density at radius 3 is 2.53 bits per heavy atom. The largest absolute Gasteiger partial charge is 0.367 e. The molecule has 0 saturated heterocycles. The first kappa shape index (κ1) is 12.2. The second-order valence-corrected chi connectivity index (χ2v) is 4.68. The maximum absolute atomic E-state index is 5.78. The van der Waals surface area contributed by atoms with Crippen molar-refractivity contribution in [3.8, 4) is 0 Å². The maximum Gasteiger partial charge on any atom is 0.224 e. The minimum atomic E-state index is 0.300. The highest BCUT2D eigenvalue weighted by Crippen LogP contribution is 2.13. The van der Waals surface area contributed by atoms with Gasteiger partial charge in [0.25, 0.3) is 0 Å². The lowest BCUT2D eigenvalue weighted by atomic mass is 10.1. The average Bonchev–Trinajstić information content (AvgIpc) is 1.98. The normalized spacial score (nSPS) is 12.9. The standard InChI is InChI=1S/C11H18ClN3/c1-7(2)5-8(3)13-10-6-9(4)14-11(12)15-10/h6-8H,5H2,1-4H3,(H,13,14,15). The fraction of sp³-hybridized carbons (Fsp3) is 0.636. The predicted octanol–water partition coefficient (Wildman–Crippen LogP) is 3.28. The Morgan fingerprint density at radius 1 is 1.33 bits per heavy atom. The number of anilines is 1. The average molecular weight is 228 g/mol. The van der Waals surface area contributed by atoms with Crippen LogP contribution in [0.3, 0.4) is 0 Å². The van der Waals surface area contributed by atoms with Gasteiger partial charge in [-0.2, -0.15) is 0 Å². The molecule has 0 aliphatic carbocycles. The van der Waals surface area contributed by atoms with Gasteiger partial charge >= 0.3 is 0 Å². The fourth-order valence-corrected chi connectivity index (χ4v) is 1.85. The van der Waals surface area contributed by atoms with Crippen LogP contribution in [0.15, 0.2) is 6.07 Å². The summed E-state index contributed by atoms with van der Waals surface area (Å²) in [6.07, 6.45) is 1.11. The number of hydrogen-bond acceptors (Lipinski definition) is 3. The van der Waals surface area contributed by atoms with Crippen LogP contribution in [0.25, 0.3) is 0 Å². The molecule has 1 unspecified atom stereocenters. The minimum Gasteiger partial charge on any atom is -0.367 e. The molecule has 0 aliphatic rings. The predicted molar refractivity (Wildman–Crippen MR) is 64.3 cm³/mol. The van der Waals surface area contributed by atoms with E-state index >= 15 is 0 Å². The van der Waals surface area contributed by atoms with Gasteiger partial charge in [-0.25, -0.2) is 9.97 Å². The van der Waals surface area contributed by atoms with E-state index in [1.807, 2.05) is 13.0 Å². The van der Waals surface area contributed by atoms with Crippen molar-refractivity contribution < 1.29 is 0 Å². The quantitative estimate of drug-likeness (QED) is 0.803. The van der Waals surface area contributed by atoms with E-state index in [1.54, 1.807) is 0 Å². The van der Waals surface area contributed by atoms with Gasteiger partial charge in [0.15, 0.2) is 0 Å². The van der Waals surface area contributed by atoms with Gasteiger partial charge in [-0.05, 0) is 37.8 Å². The van der Waals surface area contributed by atoms with Gasteiger partial charge in [0.2, 0.25) is 5.28 Å². The molecule has 0 bridgehead atoms. The molecule has 1 heterocycles. The van der Waals surface area contributed by atoms with E-state index in [9.17, 15) is 0 Å². The monoisotopic (exact) mass is 227 g/mol. The molecule has 0 aromatic carbocycles. The van der Waals surface area contributed by atoms with E-state index in [-0.39, 0.29) is 0 Å². The number of halogens is 1. The van der Waals surface area contributed by atoms with Crippen molar-refractivity contribution in [1.82, 2.24) is 9.97 Å². The first-order valence-electron chi connectivity index (χ1n) is 5.25. The van der Waals surface area contributed by atoms with Crippen molar-refractivity contribution in [2.45, 2.75) is 40.2 Å². The third kappa shape index (κ3) is 4.47. The summed E-state index contributed by atoms with van der Waals surface area (Å²) >= 11 is 5.78. The lowest BCUT2D eigenvalue weighted by Crippen LogP contribution is -2.18. The van der Waals surface area contributed by atoms with Gasteiger partial charge in [0.05, 0.1) is 0 Å². The molecule has 1 aromatic rings. The second kappa shape index (κ2) is 5.31. The molecule has 0 radical (unpaired) electrons. The SMILES string of the molecule is Cc1cc(NC(C)CC(C)C)nc(Cl)n1. The summed E-state index contributed by atoms with van der Waals surface area (Å²) in [5, 5.41) is 3.62. The zero-order chi connectivity index (χ0) is 11.4. The minimum absolute atomic E-state index is 0.300. The number of aryl methyl sites for hydroxylation is 1. The highest BCUT2D eigenvalue weighted by molar-refractivity contribution is 6.28. The molecule has 0 amide bonds. The van der Waals surface area contributed by atoms with E-state index in [2.05, 4.69) is 36.1 Å². The molecule has 1 aromatic heterocycles. The topological polar surface area (TPSA) is 37.8 Å². The maximum atomic E-state index is 5.78. The van der Waals surface area contributed by atoms with Crippen molar-refractivity contribution in [2.24, 2.45) is 5.92 Å². The van der Waals surface area contributed by atoms with Gasteiger partial charge in [-0.15, -0.1) is 0 Å². The number of hydrogen-bond donors (Lipinski definition) is 1. The van der Waals surface area contributed by atoms with E-state index in [0.717, 1.165) is 17.9 Å². The van der Waals surface area contributed by atoms with E-state index in [4.69, 9.17) is 11.6 Å². The molecule has 0 spiro atoms. The summed E-state index contributed by atoms with van der Waals surface area (Å²) in [6, 6.07) is 2.30. The van der Waals surface area contributed by atoms with Crippen molar-refractivity contribution in [3.63, 3.8) is 0 Å². The summed E-state index contributed by atoms with van der Waals surface area (Å²) in [7, 11) is 0. The van der Waals surface area contributed by atoms with Crippen LogP contribution < -0.4 is 5.32 Å². The molecule has 1 atom stereocenters. The Kier molecular flexibility index (Phi) is 4.33. The summed E-state index contributed by atoms with van der Waals surface area (Å²) in [5.41, 5.74) is 0.884. The lowest BCUT2D eigenvalue weighted by Gasteiger charge is -2.16. The van der Waals surface area contributed by atoms with Crippen molar-refractivity contribution in [2.75, 3.05) is 5.32 Å². The molecule has 1 N–H and O–H groups in total. The smallest absolute Gasteiger partial charge is 0.224 e. The van der Waals surface area contributed by atoms with Crippen LogP contribution in [0, 0.1) is 12.8 Å².